The summed E-state index contributed by atoms with van der Waals surface area (Å²) >= 11 is 1.17. The van der Waals surface area contributed by atoms with Gasteiger partial charge in [0, 0.05) is 49.2 Å². The van der Waals surface area contributed by atoms with E-state index in [2.05, 4.69) is 17.4 Å². The Morgan fingerprint density at radius 1 is 1.29 bits per heavy atom. The molecule has 2 heterocycles. The van der Waals surface area contributed by atoms with Gasteiger partial charge in [-0.1, -0.05) is 23.5 Å². The number of carbonyl (C=O) groups is 1. The summed E-state index contributed by atoms with van der Waals surface area (Å²) in [5, 5.41) is 4.92. The van der Waals surface area contributed by atoms with Crippen LogP contribution in [0.4, 0.5) is 0 Å². The molecule has 0 atom stereocenters. The van der Waals surface area contributed by atoms with Crippen molar-refractivity contribution in [3.63, 3.8) is 0 Å². The second kappa shape index (κ2) is 9.39. The lowest BCUT2D eigenvalue weighted by molar-refractivity contribution is -0.121. The highest BCUT2D eigenvalue weighted by molar-refractivity contribution is 7.07. The number of amides is 1. The fourth-order valence-electron chi connectivity index (χ4n) is 3.65. The minimum atomic E-state index is -0.131. The predicted octanol–water partition coefficient (Wildman–Crippen LogP) is 2.87. The molecule has 7 heteroatoms. The van der Waals surface area contributed by atoms with Gasteiger partial charge in [0.2, 0.25) is 5.91 Å². The average Bonchev–Trinajstić information content (AvgIpc) is 3.04. The molecule has 0 saturated carbocycles. The van der Waals surface area contributed by atoms with Crippen LogP contribution < -0.4 is 14.9 Å². The van der Waals surface area contributed by atoms with Crippen molar-refractivity contribution >= 4 is 17.2 Å². The van der Waals surface area contributed by atoms with Gasteiger partial charge in [-0.05, 0) is 44.4 Å². The van der Waals surface area contributed by atoms with Crippen molar-refractivity contribution in [3.8, 4) is 5.75 Å². The first-order chi connectivity index (χ1) is 13.5. The third-order valence-corrected chi connectivity index (χ3v) is 6.27. The first kappa shape index (κ1) is 20.6. The third kappa shape index (κ3) is 4.83. The standard InChI is InChI=1S/C21H28N2O4S/c1-3-27-18-6-4-17(5-7-18)21(9-12-26-13-10-21)15-22-19(24)8-11-23-16(2)14-28-20(23)25/h4-7,14H,3,8-13,15H2,1-2H3,(H,22,24). The van der Waals surface area contributed by atoms with Crippen LogP contribution in [0.5, 0.6) is 5.75 Å². The topological polar surface area (TPSA) is 69.6 Å². The van der Waals surface area contributed by atoms with E-state index in [9.17, 15) is 9.59 Å². The minimum absolute atomic E-state index is 0.0133. The highest BCUT2D eigenvalue weighted by Crippen LogP contribution is 2.35. The molecule has 152 valence electrons. The maximum absolute atomic E-state index is 12.4. The third-order valence-electron chi connectivity index (χ3n) is 5.39. The van der Waals surface area contributed by atoms with E-state index >= 15 is 0 Å². The lowest BCUT2D eigenvalue weighted by Gasteiger charge is -2.38. The Morgan fingerprint density at radius 3 is 2.61 bits per heavy atom. The maximum Gasteiger partial charge on any atom is 0.307 e. The number of rotatable bonds is 8. The van der Waals surface area contributed by atoms with Crippen LogP contribution in [0.3, 0.4) is 0 Å². The molecule has 6 nitrogen and oxygen atoms in total. The smallest absolute Gasteiger partial charge is 0.307 e. The molecule has 0 bridgehead atoms. The summed E-state index contributed by atoms with van der Waals surface area (Å²) < 4.78 is 12.8. The van der Waals surface area contributed by atoms with Crippen molar-refractivity contribution in [2.24, 2.45) is 0 Å². The van der Waals surface area contributed by atoms with Crippen LogP contribution in [0.1, 0.15) is 37.4 Å². The molecular formula is C21H28N2O4S. The molecule has 0 spiro atoms. The quantitative estimate of drug-likeness (QED) is 0.735. The van der Waals surface area contributed by atoms with E-state index in [0.29, 0.717) is 39.3 Å². The molecule has 3 rings (SSSR count). The van der Waals surface area contributed by atoms with Gasteiger partial charge in [-0.3, -0.25) is 9.59 Å². The molecular weight excluding hydrogens is 376 g/mol. The number of nitrogens with zero attached hydrogens (tertiary/aromatic N) is 1. The minimum Gasteiger partial charge on any atom is -0.494 e. The van der Waals surface area contributed by atoms with Crippen LogP contribution in [0, 0.1) is 6.92 Å². The van der Waals surface area contributed by atoms with Crippen LogP contribution >= 0.6 is 11.3 Å². The fraction of sp³-hybridized carbons (Fsp3) is 0.524. The molecule has 1 aromatic carbocycles. The van der Waals surface area contributed by atoms with Crippen LogP contribution in [0.2, 0.25) is 0 Å². The van der Waals surface area contributed by atoms with Crippen molar-refractivity contribution in [3.05, 3.63) is 50.6 Å². The summed E-state index contributed by atoms with van der Waals surface area (Å²) in [6, 6.07) is 8.17. The lowest BCUT2D eigenvalue weighted by atomic mass is 9.74. The Kier molecular flexibility index (Phi) is 6.91. The van der Waals surface area contributed by atoms with Gasteiger partial charge in [-0.2, -0.15) is 0 Å². The highest BCUT2D eigenvalue weighted by Gasteiger charge is 2.34. The zero-order valence-electron chi connectivity index (χ0n) is 16.5. The van der Waals surface area contributed by atoms with Gasteiger partial charge in [0.25, 0.3) is 0 Å². The Labute approximate surface area is 169 Å². The van der Waals surface area contributed by atoms with Crippen LogP contribution in [-0.4, -0.2) is 36.8 Å². The summed E-state index contributed by atoms with van der Waals surface area (Å²) in [5.74, 6) is 0.823. The van der Waals surface area contributed by atoms with Crippen molar-refractivity contribution in [2.45, 2.75) is 45.1 Å². The number of aryl methyl sites for hydroxylation is 1. The molecule has 1 N–H and O–H groups in total. The molecule has 28 heavy (non-hydrogen) atoms. The Hall–Kier alpha value is -2.12. The average molecular weight is 405 g/mol. The van der Waals surface area contributed by atoms with Gasteiger partial charge in [0.15, 0.2) is 0 Å². The zero-order valence-corrected chi connectivity index (χ0v) is 17.3. The highest BCUT2D eigenvalue weighted by atomic mass is 32.1. The molecule has 0 unspecified atom stereocenters. The van der Waals surface area contributed by atoms with E-state index in [0.717, 1.165) is 24.3 Å². The van der Waals surface area contributed by atoms with Gasteiger partial charge in [-0.15, -0.1) is 0 Å². The Balaban J connectivity index is 1.63. The summed E-state index contributed by atoms with van der Waals surface area (Å²) in [6.45, 7) is 6.86. The van der Waals surface area contributed by atoms with Gasteiger partial charge < -0.3 is 19.4 Å². The van der Waals surface area contributed by atoms with Crippen molar-refractivity contribution in [1.82, 2.24) is 9.88 Å². The molecule has 2 aromatic rings. The van der Waals surface area contributed by atoms with E-state index < -0.39 is 0 Å². The summed E-state index contributed by atoms with van der Waals surface area (Å²) in [5.41, 5.74) is 1.97. The predicted molar refractivity (Wildman–Crippen MR) is 110 cm³/mol. The number of hydrogen-bond acceptors (Lipinski definition) is 5. The van der Waals surface area contributed by atoms with Gasteiger partial charge in [0.05, 0.1) is 6.61 Å². The van der Waals surface area contributed by atoms with E-state index in [4.69, 9.17) is 9.47 Å². The monoisotopic (exact) mass is 404 g/mol. The second-order valence-corrected chi connectivity index (χ2v) is 7.99. The number of ether oxygens (including phenoxy) is 2. The first-order valence-electron chi connectivity index (χ1n) is 9.77. The molecule has 1 saturated heterocycles. The Bertz CT molecular complexity index is 835. The Morgan fingerprint density at radius 2 is 2.00 bits per heavy atom. The molecule has 1 amide bonds. The van der Waals surface area contributed by atoms with Crippen molar-refractivity contribution in [1.29, 1.82) is 0 Å². The van der Waals surface area contributed by atoms with Crippen LogP contribution in [0.15, 0.2) is 34.4 Å². The second-order valence-electron chi connectivity index (χ2n) is 7.17. The number of thiazole rings is 1. The lowest BCUT2D eigenvalue weighted by Crippen LogP contribution is -2.44. The van der Waals surface area contributed by atoms with Gasteiger partial charge in [-0.25, -0.2) is 0 Å². The number of hydrogen-bond donors (Lipinski definition) is 1. The normalized spacial score (nSPS) is 15.9. The zero-order chi connectivity index (χ0) is 20.0. The number of nitrogens with one attached hydrogen (secondary N) is 1. The van der Waals surface area contributed by atoms with E-state index in [1.807, 2.05) is 31.4 Å². The van der Waals surface area contributed by atoms with E-state index in [-0.39, 0.29) is 16.2 Å². The maximum atomic E-state index is 12.4. The van der Waals surface area contributed by atoms with Gasteiger partial charge >= 0.3 is 4.87 Å². The fourth-order valence-corrected chi connectivity index (χ4v) is 4.41. The molecule has 0 aliphatic carbocycles. The molecule has 1 aromatic heterocycles. The van der Waals surface area contributed by atoms with Crippen LogP contribution in [-0.2, 0) is 21.5 Å². The van der Waals surface area contributed by atoms with E-state index in [1.165, 1.54) is 16.9 Å². The number of carbonyl (C=O) groups excluding carboxylic acids is 1. The first-order valence-corrected chi connectivity index (χ1v) is 10.6. The van der Waals surface area contributed by atoms with E-state index in [1.54, 1.807) is 4.57 Å². The largest absolute Gasteiger partial charge is 0.494 e. The molecule has 0 radical (unpaired) electrons. The van der Waals surface area contributed by atoms with Gasteiger partial charge in [0.1, 0.15) is 5.75 Å². The molecule has 1 aliphatic heterocycles. The number of aromatic nitrogens is 1. The summed E-state index contributed by atoms with van der Waals surface area (Å²) in [4.78, 5) is 24.2. The number of benzene rings is 1. The van der Waals surface area contributed by atoms with Crippen molar-refractivity contribution in [2.75, 3.05) is 26.4 Å². The molecule has 1 aliphatic rings. The summed E-state index contributed by atoms with van der Waals surface area (Å²) in [6.07, 6.45) is 2.03. The SMILES string of the molecule is CCOc1ccc(C2(CNC(=O)CCn3c(C)csc3=O)CCOCC2)cc1. The van der Waals surface area contributed by atoms with Crippen molar-refractivity contribution < 1.29 is 14.3 Å². The molecule has 1 fully saturated rings. The summed E-state index contributed by atoms with van der Waals surface area (Å²) in [7, 11) is 0. The van der Waals surface area contributed by atoms with Crippen LogP contribution in [0.25, 0.3) is 0 Å².